The highest BCUT2D eigenvalue weighted by Gasteiger charge is 2.30. The smallest absolute Gasteiger partial charge is 0.127 e. The quantitative estimate of drug-likeness (QED) is 0.341. The Kier molecular flexibility index (Phi) is 6.01. The fourth-order valence-electron chi connectivity index (χ4n) is 4.43. The molecule has 170 valence electrons. The largest absolute Gasteiger partial charge is 0.507 e. The Bertz CT molecular complexity index is 1240. The first kappa shape index (κ1) is 23.3. The zero-order valence-corrected chi connectivity index (χ0v) is 21.2. The Morgan fingerprint density at radius 2 is 0.939 bits per heavy atom. The molecule has 4 aromatic rings. The van der Waals surface area contributed by atoms with Gasteiger partial charge in [0.2, 0.25) is 0 Å². The van der Waals surface area contributed by atoms with Crippen LogP contribution in [0.4, 0.5) is 0 Å². The highest BCUT2D eigenvalue weighted by molar-refractivity contribution is 7.80. The molecule has 0 saturated carbocycles. The van der Waals surface area contributed by atoms with Crippen LogP contribution in [-0.4, -0.2) is 10.2 Å². The zero-order valence-electron chi connectivity index (χ0n) is 20.3. The van der Waals surface area contributed by atoms with E-state index in [1.807, 2.05) is 42.5 Å². The summed E-state index contributed by atoms with van der Waals surface area (Å²) in [4.78, 5) is 0. The lowest BCUT2D eigenvalue weighted by Gasteiger charge is -2.29. The minimum atomic E-state index is -1.21. The number of benzene rings is 4. The minimum Gasteiger partial charge on any atom is -0.507 e. The molecule has 0 heterocycles. The van der Waals surface area contributed by atoms with E-state index in [0.29, 0.717) is 11.5 Å². The maximum atomic E-state index is 11.5. The number of para-hydroxylation sites is 2. The third-order valence-corrected chi connectivity index (χ3v) is 8.69. The summed E-state index contributed by atoms with van der Waals surface area (Å²) in [6.07, 6.45) is 0. The fraction of sp³-hybridized carbons (Fsp3) is 0.267. The lowest BCUT2D eigenvalue weighted by Crippen LogP contribution is -2.25. The molecule has 0 radical (unpaired) electrons. The maximum Gasteiger partial charge on any atom is 0.127 e. The van der Waals surface area contributed by atoms with Crippen LogP contribution in [0.2, 0.25) is 0 Å². The monoisotopic (exact) mass is 456 g/mol. The van der Waals surface area contributed by atoms with Crippen molar-refractivity contribution in [2.45, 2.75) is 52.4 Å². The lowest BCUT2D eigenvalue weighted by atomic mass is 9.86. The molecule has 0 aliphatic heterocycles. The normalized spacial score (nSPS) is 12.5. The van der Waals surface area contributed by atoms with E-state index < -0.39 is 7.92 Å². The molecular weight excluding hydrogens is 423 g/mol. The second kappa shape index (κ2) is 8.50. The van der Waals surface area contributed by atoms with E-state index in [4.69, 9.17) is 0 Å². The molecule has 0 aliphatic carbocycles. The molecule has 0 amide bonds. The molecule has 3 heteroatoms. The van der Waals surface area contributed by atoms with Crippen molar-refractivity contribution in [3.8, 4) is 11.5 Å². The molecule has 0 aliphatic rings. The number of phenolic OH excluding ortho intramolecular Hbond substituents is 2. The predicted octanol–water partition coefficient (Wildman–Crippen LogP) is 6.60. The Labute approximate surface area is 198 Å². The first-order valence-electron chi connectivity index (χ1n) is 11.4. The molecule has 0 unspecified atom stereocenters. The second-order valence-corrected chi connectivity index (χ2v) is 12.8. The van der Waals surface area contributed by atoms with Gasteiger partial charge in [0.1, 0.15) is 11.5 Å². The number of hydrogen-bond acceptors (Lipinski definition) is 2. The number of rotatable bonds is 3. The van der Waals surface area contributed by atoms with Crippen molar-refractivity contribution < 1.29 is 10.2 Å². The molecule has 0 fully saturated rings. The van der Waals surface area contributed by atoms with E-state index in [1.165, 1.54) is 0 Å². The van der Waals surface area contributed by atoms with Gasteiger partial charge in [0.15, 0.2) is 0 Å². The molecule has 2 N–H and O–H groups in total. The minimum absolute atomic E-state index is 0.199. The summed E-state index contributed by atoms with van der Waals surface area (Å²) >= 11 is 0. The fourth-order valence-corrected chi connectivity index (χ4v) is 7.02. The first-order chi connectivity index (χ1) is 15.5. The van der Waals surface area contributed by atoms with E-state index >= 15 is 0 Å². The summed E-state index contributed by atoms with van der Waals surface area (Å²) in [6.45, 7) is 12.7. The number of aromatic hydroxyl groups is 2. The van der Waals surface area contributed by atoms with Crippen molar-refractivity contribution >= 4 is 34.6 Å². The zero-order chi connectivity index (χ0) is 24.0. The maximum absolute atomic E-state index is 11.5. The molecule has 0 bridgehead atoms. The molecule has 2 nitrogen and oxygen atoms in total. The third kappa shape index (κ3) is 4.37. The van der Waals surface area contributed by atoms with Gasteiger partial charge in [0.25, 0.3) is 0 Å². The molecule has 0 atom stereocenters. The van der Waals surface area contributed by atoms with Crippen molar-refractivity contribution in [3.63, 3.8) is 0 Å². The van der Waals surface area contributed by atoms with E-state index in [-0.39, 0.29) is 10.8 Å². The summed E-state index contributed by atoms with van der Waals surface area (Å²) in [6, 6.07) is 26.8. The van der Waals surface area contributed by atoms with Gasteiger partial charge in [-0.1, -0.05) is 120 Å². The van der Waals surface area contributed by atoms with Gasteiger partial charge in [-0.25, -0.2) is 0 Å². The average Bonchev–Trinajstić information content (AvgIpc) is 2.74. The molecule has 0 spiro atoms. The van der Waals surface area contributed by atoms with Crippen molar-refractivity contribution in [1.82, 2.24) is 0 Å². The topological polar surface area (TPSA) is 40.5 Å². The van der Waals surface area contributed by atoms with Crippen LogP contribution in [0.5, 0.6) is 11.5 Å². The van der Waals surface area contributed by atoms with Crippen LogP contribution in [0.1, 0.15) is 52.7 Å². The summed E-state index contributed by atoms with van der Waals surface area (Å²) in [5, 5.41) is 28.3. The number of hydrogen-bond donors (Lipinski definition) is 2. The number of phenols is 2. The summed E-state index contributed by atoms with van der Waals surface area (Å²) < 4.78 is 0. The van der Waals surface area contributed by atoms with Gasteiger partial charge in [0.05, 0.1) is 0 Å². The second-order valence-electron chi connectivity index (χ2n) is 10.7. The van der Waals surface area contributed by atoms with E-state index in [2.05, 4.69) is 77.9 Å². The molecule has 0 saturated heterocycles. The molecule has 4 rings (SSSR count). The van der Waals surface area contributed by atoms with Gasteiger partial charge in [-0.15, -0.1) is 0 Å². The third-order valence-electron chi connectivity index (χ3n) is 6.13. The van der Waals surface area contributed by atoms with Crippen molar-refractivity contribution in [1.29, 1.82) is 0 Å². The van der Waals surface area contributed by atoms with Crippen LogP contribution in [0.25, 0.3) is 10.8 Å². The van der Waals surface area contributed by atoms with Crippen LogP contribution in [0, 0.1) is 0 Å². The summed E-state index contributed by atoms with van der Waals surface area (Å²) in [5.74, 6) is 0.647. The summed E-state index contributed by atoms with van der Waals surface area (Å²) in [7, 11) is -1.21. The van der Waals surface area contributed by atoms with E-state index in [0.717, 1.165) is 37.8 Å². The van der Waals surface area contributed by atoms with Gasteiger partial charge < -0.3 is 10.2 Å². The SMILES string of the molecule is CC(C)(C)c1cccc(P(c2cccc(C(C)(C)C)c2O)c2cccc3ccccc23)c1O. The molecular formula is C30H33O2P. The van der Waals surface area contributed by atoms with Gasteiger partial charge in [-0.3, -0.25) is 0 Å². The van der Waals surface area contributed by atoms with Crippen molar-refractivity contribution in [2.75, 3.05) is 0 Å². The van der Waals surface area contributed by atoms with Crippen molar-refractivity contribution in [2.24, 2.45) is 0 Å². The Morgan fingerprint density at radius 3 is 1.45 bits per heavy atom. The Morgan fingerprint density at radius 1 is 0.515 bits per heavy atom. The molecule has 0 aromatic heterocycles. The van der Waals surface area contributed by atoms with E-state index in [1.54, 1.807) is 0 Å². The van der Waals surface area contributed by atoms with Crippen LogP contribution in [0.3, 0.4) is 0 Å². The van der Waals surface area contributed by atoms with Crippen LogP contribution >= 0.6 is 7.92 Å². The van der Waals surface area contributed by atoms with Gasteiger partial charge in [-0.05, 0) is 46.0 Å². The van der Waals surface area contributed by atoms with Gasteiger partial charge in [-0.2, -0.15) is 0 Å². The number of fused-ring (bicyclic) bond motifs is 1. The van der Waals surface area contributed by atoms with Crippen LogP contribution in [-0.2, 0) is 10.8 Å². The van der Waals surface area contributed by atoms with Gasteiger partial charge in [0, 0.05) is 10.6 Å². The predicted molar refractivity (Wildman–Crippen MR) is 143 cm³/mol. The standard InChI is InChI=1S/C30H33O2P/c1-29(2,3)22-15-10-18-25(27(22)31)33(24-17-9-13-20-12-7-8-14-21(20)24)26-19-11-16-23(28(26)32)30(4,5)6/h7-19,31-32H,1-6H3. The van der Waals surface area contributed by atoms with E-state index in [9.17, 15) is 10.2 Å². The first-order valence-corrected chi connectivity index (χ1v) is 12.8. The van der Waals surface area contributed by atoms with Crippen LogP contribution < -0.4 is 15.9 Å². The molecule has 33 heavy (non-hydrogen) atoms. The summed E-state index contributed by atoms with van der Waals surface area (Å²) in [5.41, 5.74) is 1.43. The van der Waals surface area contributed by atoms with Crippen molar-refractivity contribution in [3.05, 3.63) is 90.0 Å². The van der Waals surface area contributed by atoms with Crippen LogP contribution in [0.15, 0.2) is 78.9 Å². The molecule has 4 aromatic carbocycles. The highest BCUT2D eigenvalue weighted by Crippen LogP contribution is 2.45. The Balaban J connectivity index is 2.09. The average molecular weight is 457 g/mol. The highest BCUT2D eigenvalue weighted by atomic mass is 31.1. The van der Waals surface area contributed by atoms with Gasteiger partial charge >= 0.3 is 0 Å². The Hall–Kier alpha value is -2.83. The lowest BCUT2D eigenvalue weighted by molar-refractivity contribution is 0.450.